The van der Waals surface area contributed by atoms with Crippen molar-refractivity contribution < 1.29 is 19.1 Å². The highest BCUT2D eigenvalue weighted by Crippen LogP contribution is 2.33. The second-order valence-corrected chi connectivity index (χ2v) is 8.42. The van der Waals surface area contributed by atoms with E-state index in [1.165, 1.54) is 0 Å². The van der Waals surface area contributed by atoms with Crippen LogP contribution in [0.1, 0.15) is 42.1 Å². The van der Waals surface area contributed by atoms with Crippen LogP contribution in [0.4, 0.5) is 0 Å². The van der Waals surface area contributed by atoms with Crippen LogP contribution in [-0.2, 0) is 16.1 Å². The summed E-state index contributed by atoms with van der Waals surface area (Å²) in [4.78, 5) is 41.7. The molecule has 1 spiro atoms. The maximum Gasteiger partial charge on any atom is 0.255 e. The Labute approximate surface area is 188 Å². The van der Waals surface area contributed by atoms with Crippen LogP contribution in [0.15, 0.2) is 54.6 Å². The molecule has 2 aliphatic rings. The molecule has 32 heavy (non-hydrogen) atoms. The molecule has 168 valence electrons. The summed E-state index contributed by atoms with van der Waals surface area (Å²) in [6, 6.07) is 17.0. The third-order valence-electron chi connectivity index (χ3n) is 6.29. The first kappa shape index (κ1) is 21.9. The number of amides is 3. The minimum absolute atomic E-state index is 0.0541. The van der Waals surface area contributed by atoms with Gasteiger partial charge in [-0.25, -0.2) is 0 Å². The van der Waals surface area contributed by atoms with E-state index < -0.39 is 5.60 Å². The Balaban J connectivity index is 1.44. The molecule has 2 aromatic rings. The van der Waals surface area contributed by atoms with E-state index in [1.807, 2.05) is 43.3 Å². The van der Waals surface area contributed by atoms with E-state index in [9.17, 15) is 14.4 Å². The smallest absolute Gasteiger partial charge is 0.255 e. The average Bonchev–Trinajstić information content (AvgIpc) is 3.05. The van der Waals surface area contributed by atoms with Crippen molar-refractivity contribution >= 4 is 17.7 Å². The minimum atomic E-state index is -0.662. The molecule has 7 heteroatoms. The van der Waals surface area contributed by atoms with Crippen molar-refractivity contribution in [2.45, 2.75) is 38.3 Å². The predicted molar refractivity (Wildman–Crippen MR) is 120 cm³/mol. The Bertz CT molecular complexity index is 994. The summed E-state index contributed by atoms with van der Waals surface area (Å²) >= 11 is 0. The molecule has 2 aromatic carbocycles. The number of likely N-dealkylation sites (N-methyl/N-ethyl adjacent to an activating group) is 1. The minimum Gasteiger partial charge on any atom is -0.485 e. The number of carbonyl (C=O) groups is 3. The van der Waals surface area contributed by atoms with Gasteiger partial charge < -0.3 is 19.9 Å². The van der Waals surface area contributed by atoms with Gasteiger partial charge in [0.25, 0.3) is 5.91 Å². The maximum atomic E-state index is 13.0. The van der Waals surface area contributed by atoms with Crippen molar-refractivity contribution in [2.24, 2.45) is 0 Å². The Hall–Kier alpha value is -3.35. The van der Waals surface area contributed by atoms with Crippen molar-refractivity contribution in [3.05, 3.63) is 65.7 Å². The van der Waals surface area contributed by atoms with Crippen molar-refractivity contribution in [3.8, 4) is 5.75 Å². The maximum absolute atomic E-state index is 13.0. The van der Waals surface area contributed by atoms with Crippen molar-refractivity contribution in [2.75, 3.05) is 26.2 Å². The number of ether oxygens (including phenoxy) is 1. The number of likely N-dealkylation sites (tertiary alicyclic amines) is 1. The highest BCUT2D eigenvalue weighted by molar-refractivity contribution is 5.97. The van der Waals surface area contributed by atoms with Gasteiger partial charge in [-0.1, -0.05) is 42.5 Å². The quantitative estimate of drug-likeness (QED) is 0.783. The summed E-state index contributed by atoms with van der Waals surface area (Å²) in [5, 5.41) is 2.95. The van der Waals surface area contributed by atoms with E-state index in [1.54, 1.807) is 28.0 Å². The first-order valence-corrected chi connectivity index (χ1v) is 11.2. The molecule has 0 bridgehead atoms. The molecule has 7 nitrogen and oxygen atoms in total. The molecule has 0 aliphatic carbocycles. The zero-order valence-electron chi connectivity index (χ0n) is 18.4. The summed E-state index contributed by atoms with van der Waals surface area (Å²) < 4.78 is 6.33. The SMILES string of the molecule is CCN(Cc1ccccc1)C(=O)CN1CCC2(CCC1=O)CNC(=O)c1ccccc1O2. The lowest BCUT2D eigenvalue weighted by Gasteiger charge is -2.32. The van der Waals surface area contributed by atoms with Gasteiger partial charge in [-0.05, 0) is 31.0 Å². The third-order valence-corrected chi connectivity index (χ3v) is 6.29. The predicted octanol–water partition coefficient (Wildman–Crippen LogP) is 2.61. The van der Waals surface area contributed by atoms with Crippen LogP contribution in [0.3, 0.4) is 0 Å². The lowest BCUT2D eigenvalue weighted by molar-refractivity contribution is -0.140. The van der Waals surface area contributed by atoms with Crippen LogP contribution in [0.25, 0.3) is 0 Å². The van der Waals surface area contributed by atoms with Crippen LogP contribution >= 0.6 is 0 Å². The lowest BCUT2D eigenvalue weighted by atomic mass is 9.94. The zero-order valence-corrected chi connectivity index (χ0v) is 18.4. The molecule has 2 heterocycles. The van der Waals surface area contributed by atoms with E-state index in [4.69, 9.17) is 4.74 Å². The number of rotatable bonds is 5. The van der Waals surface area contributed by atoms with E-state index in [0.29, 0.717) is 50.3 Å². The fourth-order valence-electron chi connectivity index (χ4n) is 4.32. The van der Waals surface area contributed by atoms with Gasteiger partial charge in [0.05, 0.1) is 18.7 Å². The Morgan fingerprint density at radius 2 is 1.84 bits per heavy atom. The number of hydrogen-bond donors (Lipinski definition) is 1. The summed E-state index contributed by atoms with van der Waals surface area (Å²) in [6.07, 6.45) is 1.31. The second kappa shape index (κ2) is 9.42. The topological polar surface area (TPSA) is 79.0 Å². The number of benzene rings is 2. The molecule has 0 aromatic heterocycles. The van der Waals surface area contributed by atoms with Crippen LogP contribution in [0.5, 0.6) is 5.75 Å². The molecule has 1 fully saturated rings. The molecule has 1 atom stereocenters. The molecule has 2 aliphatic heterocycles. The van der Waals surface area contributed by atoms with Crippen molar-refractivity contribution in [1.29, 1.82) is 0 Å². The van der Waals surface area contributed by atoms with Crippen LogP contribution in [0, 0.1) is 0 Å². The molecule has 0 saturated carbocycles. The van der Waals surface area contributed by atoms with Crippen molar-refractivity contribution in [1.82, 2.24) is 15.1 Å². The second-order valence-electron chi connectivity index (χ2n) is 8.42. The fraction of sp³-hybridized carbons (Fsp3) is 0.400. The summed E-state index contributed by atoms with van der Waals surface area (Å²) in [6.45, 7) is 3.84. The van der Waals surface area contributed by atoms with Gasteiger partial charge in [0.15, 0.2) is 0 Å². The summed E-state index contributed by atoms with van der Waals surface area (Å²) in [7, 11) is 0. The molecule has 4 rings (SSSR count). The fourth-order valence-corrected chi connectivity index (χ4v) is 4.32. The van der Waals surface area contributed by atoms with Gasteiger partial charge in [0, 0.05) is 32.5 Å². The number of para-hydroxylation sites is 1. The third kappa shape index (κ3) is 4.77. The van der Waals surface area contributed by atoms with Crippen LogP contribution in [0.2, 0.25) is 0 Å². The first-order valence-electron chi connectivity index (χ1n) is 11.2. The van der Waals surface area contributed by atoms with E-state index in [0.717, 1.165) is 5.56 Å². The average molecular weight is 436 g/mol. The van der Waals surface area contributed by atoms with Gasteiger partial charge in [0.2, 0.25) is 11.8 Å². The van der Waals surface area contributed by atoms with Gasteiger partial charge in [-0.15, -0.1) is 0 Å². The highest BCUT2D eigenvalue weighted by atomic mass is 16.5. The van der Waals surface area contributed by atoms with Crippen molar-refractivity contribution in [3.63, 3.8) is 0 Å². The summed E-state index contributed by atoms with van der Waals surface area (Å²) in [5.41, 5.74) is 0.904. The number of nitrogens with one attached hydrogen (secondary N) is 1. The summed E-state index contributed by atoms with van der Waals surface area (Å²) in [5.74, 6) is 0.249. The Morgan fingerprint density at radius 1 is 1.09 bits per heavy atom. The molecular formula is C25H29N3O4. The zero-order chi connectivity index (χ0) is 22.6. The van der Waals surface area contributed by atoms with Gasteiger partial charge in [-0.3, -0.25) is 14.4 Å². The van der Waals surface area contributed by atoms with Gasteiger partial charge in [-0.2, -0.15) is 0 Å². The molecule has 1 saturated heterocycles. The standard InChI is InChI=1S/C25H29N3O4/c1-2-27(16-19-8-4-3-5-9-19)23(30)17-28-15-14-25(13-12-22(28)29)18-26-24(31)20-10-6-7-11-21(20)32-25/h3-11H,2,12-18H2,1H3,(H,26,31). The first-order chi connectivity index (χ1) is 15.5. The Kier molecular flexibility index (Phi) is 6.44. The molecular weight excluding hydrogens is 406 g/mol. The van der Waals surface area contributed by atoms with Gasteiger partial charge in [0.1, 0.15) is 11.4 Å². The normalized spacial score (nSPS) is 20.6. The Morgan fingerprint density at radius 3 is 2.62 bits per heavy atom. The van der Waals surface area contributed by atoms with E-state index >= 15 is 0 Å². The molecule has 1 N–H and O–H groups in total. The van der Waals surface area contributed by atoms with E-state index in [2.05, 4.69) is 5.32 Å². The highest BCUT2D eigenvalue weighted by Gasteiger charge is 2.40. The number of nitrogens with zero attached hydrogens (tertiary/aromatic N) is 2. The van der Waals surface area contributed by atoms with Gasteiger partial charge >= 0.3 is 0 Å². The molecule has 1 unspecified atom stereocenters. The van der Waals surface area contributed by atoms with E-state index in [-0.39, 0.29) is 30.7 Å². The lowest BCUT2D eigenvalue weighted by Crippen LogP contribution is -2.46. The monoisotopic (exact) mass is 435 g/mol. The number of hydrogen-bond acceptors (Lipinski definition) is 4. The number of carbonyl (C=O) groups excluding carboxylic acids is 3. The number of fused-ring (bicyclic) bond motifs is 1. The molecule has 3 amide bonds. The van der Waals surface area contributed by atoms with Crippen LogP contribution in [-0.4, -0.2) is 59.3 Å². The largest absolute Gasteiger partial charge is 0.485 e. The van der Waals surface area contributed by atoms with Crippen LogP contribution < -0.4 is 10.1 Å². The molecule has 0 radical (unpaired) electrons.